The molecule has 0 radical (unpaired) electrons. The number of unbranched alkanes of at least 4 members (excludes halogenated alkanes) is 3. The highest BCUT2D eigenvalue weighted by molar-refractivity contribution is 5.72. The predicted octanol–water partition coefficient (Wildman–Crippen LogP) is 6.93. The smallest absolute Gasteiger partial charge is 0.311 e. The maximum Gasteiger partial charge on any atom is 0.311 e. The number of pyridine rings is 1. The highest BCUT2D eigenvalue weighted by atomic mass is 16.5. The van der Waals surface area contributed by atoms with Gasteiger partial charge in [0.1, 0.15) is 5.75 Å². The Hall–Kier alpha value is -2.46. The van der Waals surface area contributed by atoms with Gasteiger partial charge in [-0.2, -0.15) is 0 Å². The van der Waals surface area contributed by atoms with Gasteiger partial charge >= 0.3 is 5.97 Å². The van der Waals surface area contributed by atoms with E-state index in [2.05, 4.69) is 49.2 Å². The fraction of sp³-hybridized carbons (Fsp3) is 0.481. The molecule has 1 heterocycles. The molecule has 1 aromatic heterocycles. The lowest BCUT2D eigenvalue weighted by Gasteiger charge is -2.07. The summed E-state index contributed by atoms with van der Waals surface area (Å²) >= 11 is 0. The van der Waals surface area contributed by atoms with Crippen molar-refractivity contribution in [2.45, 2.75) is 71.6 Å². The number of carbonyl (C=O) groups is 1. The Morgan fingerprint density at radius 2 is 1.71 bits per heavy atom. The Morgan fingerprint density at radius 3 is 2.42 bits per heavy atom. The van der Waals surface area contributed by atoms with E-state index in [9.17, 15) is 4.79 Å². The second-order valence-electron chi connectivity index (χ2n) is 7.77. The highest BCUT2D eigenvalue weighted by Gasteiger charge is 2.06. The maximum atomic E-state index is 11.9. The first-order valence-corrected chi connectivity index (χ1v) is 11.7. The minimum Gasteiger partial charge on any atom is -0.425 e. The number of aromatic nitrogens is 1. The molecule has 0 spiro atoms. The first-order chi connectivity index (χ1) is 15.2. The monoisotopic (exact) mass is 423 g/mol. The van der Waals surface area contributed by atoms with E-state index in [1.165, 1.54) is 18.4 Å². The number of carbonyl (C=O) groups excluding carboxylic acids is 1. The van der Waals surface area contributed by atoms with Gasteiger partial charge in [0.2, 0.25) is 0 Å². The summed E-state index contributed by atoms with van der Waals surface area (Å²) in [4.78, 5) is 16.4. The van der Waals surface area contributed by atoms with E-state index in [0.29, 0.717) is 18.6 Å². The molecule has 0 aliphatic heterocycles. The van der Waals surface area contributed by atoms with Crippen LogP contribution in [0.1, 0.15) is 70.8 Å². The maximum absolute atomic E-state index is 11.9. The predicted molar refractivity (Wildman–Crippen MR) is 127 cm³/mol. The van der Waals surface area contributed by atoms with Gasteiger partial charge in [0.25, 0.3) is 0 Å². The van der Waals surface area contributed by atoms with Crippen LogP contribution >= 0.6 is 0 Å². The lowest BCUT2D eigenvalue weighted by molar-refractivity contribution is -0.134. The van der Waals surface area contributed by atoms with Gasteiger partial charge < -0.3 is 9.47 Å². The van der Waals surface area contributed by atoms with Crippen molar-refractivity contribution in [2.75, 3.05) is 13.2 Å². The van der Waals surface area contributed by atoms with Gasteiger partial charge in [-0.05, 0) is 56.2 Å². The van der Waals surface area contributed by atoms with Crippen LogP contribution in [0.5, 0.6) is 5.75 Å². The molecular formula is C27H37NO3. The molecule has 4 heteroatoms. The molecule has 0 aliphatic carbocycles. The second-order valence-corrected chi connectivity index (χ2v) is 7.77. The Labute approximate surface area is 187 Å². The quantitative estimate of drug-likeness (QED) is 0.177. The van der Waals surface area contributed by atoms with Crippen LogP contribution in [0.4, 0.5) is 0 Å². The third-order valence-electron chi connectivity index (χ3n) is 4.96. The number of hydrogen-bond donors (Lipinski definition) is 0. The Morgan fingerprint density at radius 1 is 0.903 bits per heavy atom. The van der Waals surface area contributed by atoms with Crippen molar-refractivity contribution >= 4 is 5.97 Å². The van der Waals surface area contributed by atoms with Gasteiger partial charge in [-0.25, -0.2) is 0 Å². The average Bonchev–Trinajstić information content (AvgIpc) is 2.79. The molecule has 0 fully saturated rings. The van der Waals surface area contributed by atoms with Crippen molar-refractivity contribution in [3.8, 4) is 17.0 Å². The number of nitrogens with zero attached hydrogens (tertiary/aromatic N) is 1. The fourth-order valence-electron chi connectivity index (χ4n) is 3.20. The van der Waals surface area contributed by atoms with E-state index in [0.717, 1.165) is 56.6 Å². The van der Waals surface area contributed by atoms with E-state index in [4.69, 9.17) is 9.47 Å². The normalized spacial score (nSPS) is 11.2. The number of ether oxygens (including phenoxy) is 2. The lowest BCUT2D eigenvalue weighted by atomic mass is 10.0. The first-order valence-electron chi connectivity index (χ1n) is 11.7. The van der Waals surface area contributed by atoms with Crippen molar-refractivity contribution in [2.24, 2.45) is 0 Å². The number of rotatable bonds is 15. The summed E-state index contributed by atoms with van der Waals surface area (Å²) in [6.45, 7) is 6.02. The van der Waals surface area contributed by atoms with Crippen LogP contribution < -0.4 is 4.74 Å². The van der Waals surface area contributed by atoms with Crippen LogP contribution in [0.25, 0.3) is 11.3 Å². The SMILES string of the molecule is CCC/C=C/CCC(=O)Oc1ccc(-c2ccc(CCCCCOCCC)cc2)nc1. The molecule has 31 heavy (non-hydrogen) atoms. The van der Waals surface area contributed by atoms with Crippen LogP contribution in [0.3, 0.4) is 0 Å². The van der Waals surface area contributed by atoms with Gasteiger partial charge in [-0.1, -0.05) is 63.1 Å². The fourth-order valence-corrected chi connectivity index (χ4v) is 3.20. The van der Waals surface area contributed by atoms with Crippen LogP contribution in [0.15, 0.2) is 54.7 Å². The summed E-state index contributed by atoms with van der Waals surface area (Å²) in [5, 5.41) is 0. The van der Waals surface area contributed by atoms with Gasteiger partial charge in [0.15, 0.2) is 0 Å². The molecule has 0 saturated carbocycles. The van der Waals surface area contributed by atoms with E-state index >= 15 is 0 Å². The van der Waals surface area contributed by atoms with Crippen molar-refractivity contribution in [1.82, 2.24) is 4.98 Å². The number of hydrogen-bond acceptors (Lipinski definition) is 4. The largest absolute Gasteiger partial charge is 0.425 e. The minimum atomic E-state index is -0.225. The summed E-state index contributed by atoms with van der Waals surface area (Å²) in [5.41, 5.74) is 3.29. The van der Waals surface area contributed by atoms with Gasteiger partial charge in [-0.15, -0.1) is 0 Å². The minimum absolute atomic E-state index is 0.225. The molecule has 0 amide bonds. The molecular weight excluding hydrogens is 386 g/mol. The zero-order valence-electron chi connectivity index (χ0n) is 19.1. The summed E-state index contributed by atoms with van der Waals surface area (Å²) in [7, 11) is 0. The third kappa shape index (κ3) is 10.4. The molecule has 0 N–H and O–H groups in total. The van der Waals surface area contributed by atoms with Gasteiger partial charge in [0, 0.05) is 25.2 Å². The first kappa shape index (κ1) is 24.8. The molecule has 0 bridgehead atoms. The van der Waals surface area contributed by atoms with E-state index in [1.807, 2.05) is 18.2 Å². The molecule has 168 valence electrons. The van der Waals surface area contributed by atoms with Crippen LogP contribution in [0.2, 0.25) is 0 Å². The van der Waals surface area contributed by atoms with E-state index < -0.39 is 0 Å². The van der Waals surface area contributed by atoms with E-state index in [1.54, 1.807) is 6.20 Å². The number of benzene rings is 1. The zero-order valence-corrected chi connectivity index (χ0v) is 19.1. The van der Waals surface area contributed by atoms with Crippen LogP contribution in [-0.4, -0.2) is 24.2 Å². The van der Waals surface area contributed by atoms with Crippen molar-refractivity contribution in [3.63, 3.8) is 0 Å². The van der Waals surface area contributed by atoms with Crippen LogP contribution in [-0.2, 0) is 16.0 Å². The molecule has 4 nitrogen and oxygen atoms in total. The highest BCUT2D eigenvalue weighted by Crippen LogP contribution is 2.21. The van der Waals surface area contributed by atoms with E-state index in [-0.39, 0.29) is 5.97 Å². The second kappa shape index (κ2) is 15.4. The molecule has 1 aromatic carbocycles. The summed E-state index contributed by atoms with van der Waals surface area (Å²) in [6, 6.07) is 12.3. The summed E-state index contributed by atoms with van der Waals surface area (Å²) in [5.74, 6) is 0.266. The van der Waals surface area contributed by atoms with Crippen molar-refractivity contribution < 1.29 is 14.3 Å². The number of allylic oxidation sites excluding steroid dienone is 2. The summed E-state index contributed by atoms with van der Waals surface area (Å²) < 4.78 is 10.9. The Bertz CT molecular complexity index is 766. The topological polar surface area (TPSA) is 48.4 Å². The molecule has 0 saturated heterocycles. The third-order valence-corrected chi connectivity index (χ3v) is 4.96. The molecule has 2 rings (SSSR count). The van der Waals surface area contributed by atoms with Gasteiger partial charge in [0.05, 0.1) is 11.9 Å². The van der Waals surface area contributed by atoms with Crippen molar-refractivity contribution in [3.05, 3.63) is 60.3 Å². The Kier molecular flexibility index (Phi) is 12.3. The van der Waals surface area contributed by atoms with Crippen molar-refractivity contribution in [1.29, 1.82) is 0 Å². The Balaban J connectivity index is 1.73. The average molecular weight is 424 g/mol. The lowest BCUT2D eigenvalue weighted by Crippen LogP contribution is -2.07. The molecule has 0 aliphatic rings. The molecule has 2 aromatic rings. The van der Waals surface area contributed by atoms with Gasteiger partial charge in [-0.3, -0.25) is 9.78 Å². The summed E-state index contributed by atoms with van der Waals surface area (Å²) in [6.07, 6.45) is 14.7. The zero-order chi connectivity index (χ0) is 22.2. The van der Waals surface area contributed by atoms with Crippen LogP contribution in [0, 0.1) is 0 Å². The standard InChI is InChI=1S/C27H37NO3/c1-3-5-6-7-10-13-27(29)31-25-18-19-26(28-22-25)24-16-14-23(15-17-24)12-9-8-11-21-30-20-4-2/h6-7,14-19,22H,3-5,8-13,20-21H2,1-2H3/b7-6+. The molecule has 0 unspecified atom stereocenters. The molecule has 0 atom stereocenters. The number of esters is 1. The number of aryl methyl sites for hydroxylation is 1.